The van der Waals surface area contributed by atoms with Crippen LogP contribution in [0.15, 0.2) is 231 Å². The second kappa shape index (κ2) is 25.4. The minimum absolute atomic E-state index is 0.317. The van der Waals surface area contributed by atoms with Gasteiger partial charge in [0.2, 0.25) is 0 Å². The largest absolute Gasteiger partial charge is 0.457 e. The molecule has 0 fully saturated rings. The summed E-state index contributed by atoms with van der Waals surface area (Å²) < 4.78 is 48.7. The molecule has 0 aliphatic heterocycles. The molecule has 0 amide bonds. The van der Waals surface area contributed by atoms with E-state index < -0.39 is 0 Å². The van der Waals surface area contributed by atoms with E-state index in [1.807, 2.05) is 206 Å². The summed E-state index contributed by atoms with van der Waals surface area (Å²) in [4.78, 5) is 0. The summed E-state index contributed by atoms with van der Waals surface area (Å²) in [6.07, 6.45) is 1.71. The van der Waals surface area contributed by atoms with E-state index in [0.717, 1.165) is 35.5 Å². The zero-order chi connectivity index (χ0) is 54.2. The topological polar surface area (TPSA) is 178 Å². The predicted molar refractivity (Wildman–Crippen MR) is 311 cm³/mol. The van der Waals surface area contributed by atoms with Gasteiger partial charge in [0.1, 0.15) is 92.0 Å². The summed E-state index contributed by atoms with van der Waals surface area (Å²) in [6.45, 7) is 6.41. The quantitative estimate of drug-likeness (QED) is 0.0564. The molecule has 0 saturated carbocycles. The van der Waals surface area contributed by atoms with Gasteiger partial charge in [0.05, 0.1) is 11.4 Å². The van der Waals surface area contributed by atoms with E-state index in [0.29, 0.717) is 109 Å². The number of para-hydroxylation sites is 4. The molecule has 1 atom stereocenters. The lowest BCUT2D eigenvalue weighted by molar-refractivity contribution is 0.445. The number of anilines is 4. The lowest BCUT2D eigenvalue weighted by Gasteiger charge is -2.16. The van der Waals surface area contributed by atoms with Gasteiger partial charge in [-0.05, 0) is 170 Å². The molecule has 12 nitrogen and oxygen atoms in total. The van der Waals surface area contributed by atoms with Gasteiger partial charge >= 0.3 is 0 Å². The second-order valence-corrected chi connectivity index (χ2v) is 18.1. The molecular formula is C66H60N4O8. The minimum Gasteiger partial charge on any atom is -0.457 e. The smallest absolute Gasteiger partial charge is 0.150 e. The number of ether oxygens (including phenoxy) is 8. The number of nitrogens with two attached hydrogens (primary N) is 4. The Hall–Kier alpha value is -10.2. The van der Waals surface area contributed by atoms with Crippen LogP contribution in [0.25, 0.3) is 0 Å². The zero-order valence-corrected chi connectivity index (χ0v) is 43.5. The van der Waals surface area contributed by atoms with Gasteiger partial charge in [-0.15, -0.1) is 0 Å². The molecule has 8 N–H and O–H groups in total. The molecule has 0 aromatic heterocycles. The molecule has 12 heteroatoms. The first-order chi connectivity index (χ1) is 38.0. The first-order valence-electron chi connectivity index (χ1n) is 25.5. The average Bonchev–Trinajstić information content (AvgIpc) is 3.45. The lowest BCUT2D eigenvalue weighted by Crippen LogP contribution is -1.96. The summed E-state index contributed by atoms with van der Waals surface area (Å²) in [5.74, 6) is 10.9. The summed E-state index contributed by atoms with van der Waals surface area (Å²) in [7, 11) is 0. The van der Waals surface area contributed by atoms with Gasteiger partial charge in [0.15, 0.2) is 0 Å². The maximum Gasteiger partial charge on any atom is 0.150 e. The van der Waals surface area contributed by atoms with Gasteiger partial charge < -0.3 is 60.8 Å². The third-order valence-corrected chi connectivity index (χ3v) is 12.2. The van der Waals surface area contributed by atoms with Crippen LogP contribution < -0.4 is 60.8 Å². The van der Waals surface area contributed by atoms with Crippen LogP contribution in [0.1, 0.15) is 44.2 Å². The van der Waals surface area contributed by atoms with Crippen molar-refractivity contribution in [2.75, 3.05) is 22.9 Å². The van der Waals surface area contributed by atoms with Gasteiger partial charge in [-0.2, -0.15) is 0 Å². The van der Waals surface area contributed by atoms with Gasteiger partial charge in [0.25, 0.3) is 0 Å². The highest BCUT2D eigenvalue weighted by molar-refractivity contribution is 5.56. The molecule has 0 bridgehead atoms. The highest BCUT2D eigenvalue weighted by atomic mass is 16.5. The van der Waals surface area contributed by atoms with Crippen molar-refractivity contribution in [2.45, 2.75) is 39.5 Å². The van der Waals surface area contributed by atoms with E-state index in [2.05, 4.69) is 20.8 Å². The summed E-state index contributed by atoms with van der Waals surface area (Å²) in [6, 6.07) is 71.0. The summed E-state index contributed by atoms with van der Waals surface area (Å²) >= 11 is 0. The van der Waals surface area contributed by atoms with Gasteiger partial charge in [-0.3, -0.25) is 0 Å². The fourth-order valence-electron chi connectivity index (χ4n) is 8.03. The third kappa shape index (κ3) is 14.6. The molecule has 392 valence electrons. The Morgan fingerprint density at radius 2 is 0.603 bits per heavy atom. The minimum atomic E-state index is 0.317. The van der Waals surface area contributed by atoms with Crippen molar-refractivity contribution in [1.29, 1.82) is 0 Å². The fourth-order valence-corrected chi connectivity index (χ4v) is 8.03. The van der Waals surface area contributed by atoms with Gasteiger partial charge in [0, 0.05) is 47.3 Å². The van der Waals surface area contributed by atoms with Crippen molar-refractivity contribution in [3.8, 4) is 92.0 Å². The molecule has 0 aliphatic carbocycles. The zero-order valence-electron chi connectivity index (χ0n) is 43.5. The Morgan fingerprint density at radius 3 is 0.987 bits per heavy atom. The van der Waals surface area contributed by atoms with Crippen LogP contribution in [0.5, 0.6) is 92.0 Å². The Labute approximate surface area is 454 Å². The van der Waals surface area contributed by atoms with Gasteiger partial charge in [-0.25, -0.2) is 0 Å². The Bertz CT molecular complexity index is 3370. The molecule has 0 radical (unpaired) electrons. The van der Waals surface area contributed by atoms with Crippen molar-refractivity contribution in [2.24, 2.45) is 0 Å². The van der Waals surface area contributed by atoms with E-state index in [1.165, 1.54) is 0 Å². The fraction of sp³-hybridized carbons (Fsp3) is 0.0909. The van der Waals surface area contributed by atoms with Gasteiger partial charge in [-0.1, -0.05) is 75.4 Å². The second-order valence-electron chi connectivity index (χ2n) is 18.1. The lowest BCUT2D eigenvalue weighted by atomic mass is 9.98. The first-order valence-corrected chi connectivity index (χ1v) is 25.5. The normalized spacial score (nSPS) is 11.0. The Balaban J connectivity index is 0.000000190. The molecule has 1 unspecified atom stereocenters. The van der Waals surface area contributed by atoms with E-state index in [4.69, 9.17) is 60.8 Å². The van der Waals surface area contributed by atoms with Crippen molar-refractivity contribution in [3.05, 3.63) is 242 Å². The SMILES string of the molecule is CCC(C)c1cc(Oc2cccc(Oc3ccccc3N)c2)cc(Oc2cccc(Oc3ccccc3N)c2)c1.CCc1c(Oc2ccc(Oc3cccc(N)c3)cc2)cccc1Oc1ccc(Oc2cccc(N)c2)cc1. The maximum atomic E-state index is 6.29. The highest BCUT2D eigenvalue weighted by Crippen LogP contribution is 2.39. The van der Waals surface area contributed by atoms with Crippen LogP contribution in [0.4, 0.5) is 22.7 Å². The molecular weight excluding hydrogens is 977 g/mol. The third-order valence-electron chi connectivity index (χ3n) is 12.2. The standard InChI is InChI=1S/C34H32N2O4.C32H28N2O4/c1-3-23(2)24-18-29(37-25-10-8-12-27(20-25)39-33-16-6-4-14-31(33)35)22-30(19-24)38-26-11-9-13-28(21-26)40-34-17-7-5-15-32(34)36;1-2-30-31(37-26-16-12-24(13-17-26)35-28-8-3-6-22(33)20-28)10-5-11-32(30)38-27-18-14-25(15-19-27)36-29-9-4-7-23(34)21-29/h4-23H,3,35-36H2,1-2H3;3-21H,2,33-34H2,1H3. The van der Waals surface area contributed by atoms with Crippen molar-refractivity contribution in [3.63, 3.8) is 0 Å². The molecule has 10 aromatic rings. The Morgan fingerprint density at radius 1 is 0.295 bits per heavy atom. The van der Waals surface area contributed by atoms with E-state index in [-0.39, 0.29) is 0 Å². The van der Waals surface area contributed by atoms with Crippen LogP contribution in [0.3, 0.4) is 0 Å². The number of nitrogen functional groups attached to an aromatic ring is 4. The number of hydrogen-bond acceptors (Lipinski definition) is 12. The molecule has 10 aromatic carbocycles. The van der Waals surface area contributed by atoms with Crippen LogP contribution in [-0.4, -0.2) is 0 Å². The number of hydrogen-bond donors (Lipinski definition) is 4. The predicted octanol–water partition coefficient (Wildman–Crippen LogP) is 18.1. The van der Waals surface area contributed by atoms with E-state index in [1.54, 1.807) is 24.3 Å². The molecule has 78 heavy (non-hydrogen) atoms. The van der Waals surface area contributed by atoms with E-state index >= 15 is 0 Å². The summed E-state index contributed by atoms with van der Waals surface area (Å²) in [5.41, 5.74) is 28.3. The molecule has 0 saturated heterocycles. The van der Waals surface area contributed by atoms with Crippen molar-refractivity contribution in [1.82, 2.24) is 0 Å². The van der Waals surface area contributed by atoms with Crippen LogP contribution in [0, 0.1) is 0 Å². The van der Waals surface area contributed by atoms with Crippen molar-refractivity contribution >= 4 is 22.7 Å². The monoisotopic (exact) mass is 1040 g/mol. The average molecular weight is 1040 g/mol. The molecule has 0 spiro atoms. The van der Waals surface area contributed by atoms with Crippen molar-refractivity contribution < 1.29 is 37.9 Å². The van der Waals surface area contributed by atoms with E-state index in [9.17, 15) is 0 Å². The summed E-state index contributed by atoms with van der Waals surface area (Å²) in [5, 5.41) is 0. The molecule has 0 aliphatic rings. The van der Waals surface area contributed by atoms with Crippen LogP contribution in [0.2, 0.25) is 0 Å². The number of benzene rings is 10. The maximum absolute atomic E-state index is 6.29. The Kier molecular flexibility index (Phi) is 17.1. The van der Waals surface area contributed by atoms with Crippen LogP contribution >= 0.6 is 0 Å². The number of rotatable bonds is 19. The highest BCUT2D eigenvalue weighted by Gasteiger charge is 2.15. The molecule has 0 heterocycles. The first kappa shape index (κ1) is 52.7. The molecule has 10 rings (SSSR count). The van der Waals surface area contributed by atoms with Crippen LogP contribution in [-0.2, 0) is 6.42 Å².